The maximum absolute atomic E-state index is 11.9. The fourth-order valence-electron chi connectivity index (χ4n) is 2.30. The van der Waals surface area contributed by atoms with Crippen molar-refractivity contribution in [3.63, 3.8) is 0 Å². The minimum Gasteiger partial charge on any atom is -0.382 e. The van der Waals surface area contributed by atoms with Crippen LogP contribution in [-0.2, 0) is 6.54 Å². The van der Waals surface area contributed by atoms with Gasteiger partial charge in [-0.3, -0.25) is 4.79 Å². The molecule has 0 radical (unpaired) electrons. The van der Waals surface area contributed by atoms with E-state index in [1.54, 1.807) is 12.3 Å². The molecule has 2 heterocycles. The number of allylic oxidation sites excluding steroid dienone is 1. The van der Waals surface area contributed by atoms with Crippen LogP contribution in [0.3, 0.4) is 0 Å². The molecule has 0 unspecified atom stereocenters. The molecule has 0 amide bonds. The molecule has 7 heteroatoms. The Kier molecular flexibility index (Phi) is 6.22. The first kappa shape index (κ1) is 16.0. The van der Waals surface area contributed by atoms with Crippen LogP contribution in [0, 0.1) is 0 Å². The van der Waals surface area contributed by atoms with Crippen LogP contribution < -0.4 is 16.2 Å². The maximum atomic E-state index is 11.9. The molecule has 0 aliphatic carbocycles. The second-order valence-corrected chi connectivity index (χ2v) is 5.40. The summed E-state index contributed by atoms with van der Waals surface area (Å²) < 4.78 is 1.29. The van der Waals surface area contributed by atoms with Crippen molar-refractivity contribution in [2.75, 3.05) is 44.6 Å². The molecule has 116 valence electrons. The van der Waals surface area contributed by atoms with E-state index in [0.29, 0.717) is 12.2 Å². The number of rotatable bonds is 7. The summed E-state index contributed by atoms with van der Waals surface area (Å²) in [6, 6.07) is 0. The van der Waals surface area contributed by atoms with Crippen LogP contribution in [0.4, 0.5) is 5.69 Å². The Morgan fingerprint density at radius 2 is 2.24 bits per heavy atom. The van der Waals surface area contributed by atoms with Gasteiger partial charge in [0.2, 0.25) is 0 Å². The Morgan fingerprint density at radius 1 is 1.48 bits per heavy atom. The Balaban J connectivity index is 1.81. The van der Waals surface area contributed by atoms with Gasteiger partial charge in [0.25, 0.3) is 5.56 Å². The minimum atomic E-state index is -0.288. The molecule has 0 bridgehead atoms. The monoisotopic (exact) mass is 311 g/mol. The van der Waals surface area contributed by atoms with Crippen molar-refractivity contribution in [3.05, 3.63) is 34.2 Å². The highest BCUT2D eigenvalue weighted by Crippen LogP contribution is 2.15. The molecule has 0 aromatic carbocycles. The average Bonchev–Trinajstić information content (AvgIpc) is 2.51. The molecule has 6 nitrogen and oxygen atoms in total. The van der Waals surface area contributed by atoms with Crippen molar-refractivity contribution in [2.24, 2.45) is 0 Å². The molecule has 0 atom stereocenters. The first-order valence-corrected chi connectivity index (χ1v) is 7.63. The van der Waals surface area contributed by atoms with Crippen molar-refractivity contribution in [3.8, 4) is 0 Å². The predicted octanol–water partition coefficient (Wildman–Crippen LogP) is 0.790. The van der Waals surface area contributed by atoms with E-state index in [9.17, 15) is 4.79 Å². The largest absolute Gasteiger partial charge is 0.382 e. The molecule has 1 aliphatic heterocycles. The number of nitrogens with zero attached hydrogens (tertiary/aromatic N) is 3. The Hall–Kier alpha value is -1.37. The van der Waals surface area contributed by atoms with Crippen LogP contribution in [0.2, 0.25) is 5.02 Å². The SMILES string of the molecule is C=CCn1ncc(NCCCN2CCNCC2)c(Cl)c1=O. The molecular weight excluding hydrogens is 290 g/mol. The third-order valence-electron chi connectivity index (χ3n) is 3.46. The van der Waals surface area contributed by atoms with Crippen LogP contribution in [0.25, 0.3) is 0 Å². The average molecular weight is 312 g/mol. The molecule has 1 fully saturated rings. The smallest absolute Gasteiger partial charge is 0.287 e. The van der Waals surface area contributed by atoms with Crippen LogP contribution in [0.5, 0.6) is 0 Å². The van der Waals surface area contributed by atoms with E-state index in [1.807, 2.05) is 0 Å². The lowest BCUT2D eigenvalue weighted by Gasteiger charge is -2.27. The van der Waals surface area contributed by atoms with E-state index in [2.05, 4.69) is 27.2 Å². The molecule has 1 aromatic heterocycles. The third kappa shape index (κ3) is 4.56. The molecule has 1 aromatic rings. The Morgan fingerprint density at radius 3 is 2.95 bits per heavy atom. The number of hydrogen-bond acceptors (Lipinski definition) is 5. The van der Waals surface area contributed by atoms with E-state index in [4.69, 9.17) is 11.6 Å². The summed E-state index contributed by atoms with van der Waals surface area (Å²) in [5.74, 6) is 0. The van der Waals surface area contributed by atoms with Gasteiger partial charge in [-0.25, -0.2) is 4.68 Å². The number of piperazine rings is 1. The summed E-state index contributed by atoms with van der Waals surface area (Å²) >= 11 is 6.07. The Bertz CT molecular complexity index is 525. The van der Waals surface area contributed by atoms with Crippen molar-refractivity contribution in [1.29, 1.82) is 0 Å². The van der Waals surface area contributed by atoms with E-state index in [0.717, 1.165) is 45.7 Å². The summed E-state index contributed by atoms with van der Waals surface area (Å²) in [6.07, 6.45) is 4.22. The van der Waals surface area contributed by atoms with Gasteiger partial charge < -0.3 is 15.5 Å². The molecule has 2 rings (SSSR count). The standard InChI is InChI=1S/C14H22ClN5O/c1-2-7-20-14(21)13(15)12(11-18-20)17-4-3-8-19-9-5-16-6-10-19/h2,11,16-17H,1,3-10H2. The highest BCUT2D eigenvalue weighted by Gasteiger charge is 2.10. The Labute approximate surface area is 129 Å². The molecule has 0 saturated carbocycles. The zero-order valence-corrected chi connectivity index (χ0v) is 12.9. The van der Waals surface area contributed by atoms with Gasteiger partial charge >= 0.3 is 0 Å². The normalized spacial score (nSPS) is 15.9. The number of halogens is 1. The fourth-order valence-corrected chi connectivity index (χ4v) is 2.51. The zero-order chi connectivity index (χ0) is 15.1. The van der Waals surface area contributed by atoms with E-state index in [-0.39, 0.29) is 10.6 Å². The van der Waals surface area contributed by atoms with Gasteiger partial charge in [0, 0.05) is 32.7 Å². The number of aromatic nitrogens is 2. The summed E-state index contributed by atoms with van der Waals surface area (Å²) in [5, 5.41) is 10.8. The van der Waals surface area contributed by atoms with Gasteiger partial charge in [-0.2, -0.15) is 5.10 Å². The molecule has 1 saturated heterocycles. The van der Waals surface area contributed by atoms with Gasteiger partial charge in [-0.1, -0.05) is 17.7 Å². The minimum absolute atomic E-state index is 0.189. The number of anilines is 1. The molecule has 21 heavy (non-hydrogen) atoms. The highest BCUT2D eigenvalue weighted by atomic mass is 35.5. The van der Waals surface area contributed by atoms with Crippen molar-refractivity contribution in [2.45, 2.75) is 13.0 Å². The quantitative estimate of drug-likeness (QED) is 0.576. The van der Waals surface area contributed by atoms with E-state index in [1.165, 1.54) is 4.68 Å². The highest BCUT2D eigenvalue weighted by molar-refractivity contribution is 6.32. The summed E-state index contributed by atoms with van der Waals surface area (Å²) in [5.41, 5.74) is 0.311. The van der Waals surface area contributed by atoms with Gasteiger partial charge in [0.1, 0.15) is 5.02 Å². The van der Waals surface area contributed by atoms with Gasteiger partial charge in [0.05, 0.1) is 18.4 Å². The van der Waals surface area contributed by atoms with Crippen molar-refractivity contribution >= 4 is 17.3 Å². The molecule has 1 aliphatic rings. The molecule has 2 N–H and O–H groups in total. The van der Waals surface area contributed by atoms with E-state index >= 15 is 0 Å². The van der Waals surface area contributed by atoms with Crippen molar-refractivity contribution < 1.29 is 0 Å². The lowest BCUT2D eigenvalue weighted by Crippen LogP contribution is -2.44. The molecular formula is C14H22ClN5O. The fraction of sp³-hybridized carbons (Fsp3) is 0.571. The second-order valence-electron chi connectivity index (χ2n) is 5.02. The van der Waals surface area contributed by atoms with Crippen LogP contribution in [-0.4, -0.2) is 53.9 Å². The first-order chi connectivity index (χ1) is 10.2. The van der Waals surface area contributed by atoms with E-state index < -0.39 is 0 Å². The van der Waals surface area contributed by atoms with Gasteiger partial charge in [-0.05, 0) is 13.0 Å². The lowest BCUT2D eigenvalue weighted by atomic mass is 10.3. The van der Waals surface area contributed by atoms with Crippen molar-refractivity contribution in [1.82, 2.24) is 20.0 Å². The zero-order valence-electron chi connectivity index (χ0n) is 12.1. The van der Waals surface area contributed by atoms with Gasteiger partial charge in [0.15, 0.2) is 0 Å². The predicted molar refractivity (Wildman–Crippen MR) is 86.1 cm³/mol. The van der Waals surface area contributed by atoms with Crippen LogP contribution in [0.1, 0.15) is 6.42 Å². The summed E-state index contributed by atoms with van der Waals surface area (Å²) in [4.78, 5) is 14.4. The molecule has 0 spiro atoms. The first-order valence-electron chi connectivity index (χ1n) is 7.26. The maximum Gasteiger partial charge on any atom is 0.287 e. The lowest BCUT2D eigenvalue weighted by molar-refractivity contribution is 0.240. The van der Waals surface area contributed by atoms with Gasteiger partial charge in [-0.15, -0.1) is 6.58 Å². The van der Waals surface area contributed by atoms with Crippen LogP contribution in [0.15, 0.2) is 23.6 Å². The van der Waals surface area contributed by atoms with Crippen LogP contribution >= 0.6 is 11.6 Å². The number of hydrogen-bond donors (Lipinski definition) is 2. The third-order valence-corrected chi connectivity index (χ3v) is 3.83. The number of nitrogens with one attached hydrogen (secondary N) is 2. The summed E-state index contributed by atoms with van der Waals surface area (Å²) in [7, 11) is 0. The summed E-state index contributed by atoms with van der Waals surface area (Å²) in [6.45, 7) is 10.1. The topological polar surface area (TPSA) is 62.2 Å². The second kappa shape index (κ2) is 8.17.